The van der Waals surface area contributed by atoms with Crippen LogP contribution in [0.2, 0.25) is 0 Å². The molecule has 1 amide bonds. The summed E-state index contributed by atoms with van der Waals surface area (Å²) in [6.45, 7) is 0.651. The molecule has 0 saturated carbocycles. The Labute approximate surface area is 111 Å². The van der Waals surface area contributed by atoms with Crippen molar-refractivity contribution >= 4 is 17.5 Å². The number of alkyl halides is 1. The summed E-state index contributed by atoms with van der Waals surface area (Å²) in [5, 5.41) is 0. The molecule has 98 valence electrons. The molecule has 1 aliphatic rings. The van der Waals surface area contributed by atoms with Crippen LogP contribution in [0.5, 0.6) is 0 Å². The van der Waals surface area contributed by atoms with Crippen molar-refractivity contribution in [2.24, 2.45) is 0 Å². The van der Waals surface area contributed by atoms with Crippen LogP contribution in [0.25, 0.3) is 0 Å². The highest BCUT2D eigenvalue weighted by Crippen LogP contribution is 2.21. The first-order valence-electron chi connectivity index (χ1n) is 6.20. The SMILES string of the molecule is O=C(c1ccncc1F)N1CCCCCC1CCl. The normalized spacial score (nSPS) is 20.6. The first kappa shape index (κ1) is 13.3. The zero-order valence-corrected chi connectivity index (χ0v) is 10.9. The van der Waals surface area contributed by atoms with Gasteiger partial charge in [0.1, 0.15) is 0 Å². The van der Waals surface area contributed by atoms with Crippen LogP contribution in [0, 0.1) is 5.82 Å². The molecule has 2 heterocycles. The second-order valence-corrected chi connectivity index (χ2v) is 4.82. The standard InChI is InChI=1S/C13H16ClFN2O/c14-8-10-4-2-1-3-7-17(10)13(18)11-5-6-16-9-12(11)15/h5-6,9-10H,1-4,7-8H2. The molecule has 1 unspecified atom stereocenters. The Morgan fingerprint density at radius 2 is 2.33 bits per heavy atom. The summed E-state index contributed by atoms with van der Waals surface area (Å²) in [5.41, 5.74) is 0.0852. The second-order valence-electron chi connectivity index (χ2n) is 4.51. The quantitative estimate of drug-likeness (QED) is 0.774. The van der Waals surface area contributed by atoms with E-state index in [9.17, 15) is 9.18 Å². The Balaban J connectivity index is 2.23. The van der Waals surface area contributed by atoms with Crippen molar-refractivity contribution in [3.05, 3.63) is 29.8 Å². The zero-order chi connectivity index (χ0) is 13.0. The van der Waals surface area contributed by atoms with Crippen molar-refractivity contribution in [2.75, 3.05) is 12.4 Å². The van der Waals surface area contributed by atoms with Gasteiger partial charge in [-0.2, -0.15) is 0 Å². The van der Waals surface area contributed by atoms with Gasteiger partial charge in [0.25, 0.3) is 5.91 Å². The molecular formula is C13H16ClFN2O. The summed E-state index contributed by atoms with van der Waals surface area (Å²) in [7, 11) is 0. The van der Waals surface area contributed by atoms with Crippen LogP contribution < -0.4 is 0 Å². The Kier molecular flexibility index (Phi) is 4.53. The van der Waals surface area contributed by atoms with E-state index < -0.39 is 5.82 Å². The van der Waals surface area contributed by atoms with Gasteiger partial charge in [-0.1, -0.05) is 12.8 Å². The average molecular weight is 271 g/mol. The van der Waals surface area contributed by atoms with Crippen molar-refractivity contribution in [2.45, 2.75) is 31.7 Å². The van der Waals surface area contributed by atoms with Crippen LogP contribution in [0.15, 0.2) is 18.5 Å². The minimum atomic E-state index is -0.569. The molecule has 0 aliphatic carbocycles. The maximum Gasteiger partial charge on any atom is 0.257 e. The summed E-state index contributed by atoms with van der Waals surface area (Å²) in [4.78, 5) is 17.7. The molecule has 3 nitrogen and oxygen atoms in total. The fourth-order valence-electron chi connectivity index (χ4n) is 2.31. The van der Waals surface area contributed by atoms with Gasteiger partial charge >= 0.3 is 0 Å². The zero-order valence-electron chi connectivity index (χ0n) is 10.1. The van der Waals surface area contributed by atoms with Crippen LogP contribution >= 0.6 is 11.6 Å². The minimum absolute atomic E-state index is 0.00855. The maximum absolute atomic E-state index is 13.6. The third-order valence-corrected chi connectivity index (χ3v) is 3.68. The lowest BCUT2D eigenvalue weighted by Crippen LogP contribution is -2.41. The maximum atomic E-state index is 13.6. The number of pyridine rings is 1. The molecule has 1 saturated heterocycles. The number of carbonyl (C=O) groups is 1. The molecule has 0 N–H and O–H groups in total. The van der Waals surface area contributed by atoms with E-state index in [-0.39, 0.29) is 17.5 Å². The summed E-state index contributed by atoms with van der Waals surface area (Å²) in [6, 6.07) is 1.43. The van der Waals surface area contributed by atoms with Gasteiger partial charge in [-0.05, 0) is 18.9 Å². The second kappa shape index (κ2) is 6.14. The van der Waals surface area contributed by atoms with Crippen LogP contribution in [-0.2, 0) is 0 Å². The number of aromatic nitrogens is 1. The number of amides is 1. The summed E-state index contributed by atoms with van der Waals surface area (Å²) < 4.78 is 13.6. The third-order valence-electron chi connectivity index (χ3n) is 3.32. The molecule has 18 heavy (non-hydrogen) atoms. The minimum Gasteiger partial charge on any atom is -0.334 e. The predicted octanol–water partition coefficient (Wildman–Crippen LogP) is 2.84. The van der Waals surface area contributed by atoms with Crippen molar-refractivity contribution < 1.29 is 9.18 Å². The molecule has 1 aromatic heterocycles. The summed E-state index contributed by atoms with van der Waals surface area (Å²) >= 11 is 5.92. The molecule has 1 aliphatic heterocycles. The van der Waals surface area contributed by atoms with Crippen LogP contribution in [0.3, 0.4) is 0 Å². The van der Waals surface area contributed by atoms with Gasteiger partial charge in [0.05, 0.1) is 11.8 Å². The Morgan fingerprint density at radius 1 is 1.50 bits per heavy atom. The lowest BCUT2D eigenvalue weighted by molar-refractivity contribution is 0.0695. The van der Waals surface area contributed by atoms with E-state index in [1.165, 1.54) is 12.3 Å². The topological polar surface area (TPSA) is 33.2 Å². The number of carbonyl (C=O) groups excluding carboxylic acids is 1. The largest absolute Gasteiger partial charge is 0.334 e. The Hall–Kier alpha value is -1.16. The lowest BCUT2D eigenvalue weighted by atomic mass is 10.1. The smallest absolute Gasteiger partial charge is 0.257 e. The van der Waals surface area contributed by atoms with Crippen LogP contribution in [-0.4, -0.2) is 34.3 Å². The molecule has 0 spiro atoms. The van der Waals surface area contributed by atoms with Crippen molar-refractivity contribution in [1.29, 1.82) is 0 Å². The predicted molar refractivity (Wildman–Crippen MR) is 68.2 cm³/mol. The molecule has 0 radical (unpaired) electrons. The van der Waals surface area contributed by atoms with Gasteiger partial charge in [-0.3, -0.25) is 9.78 Å². The highest BCUT2D eigenvalue weighted by molar-refractivity contribution is 6.18. The van der Waals surface area contributed by atoms with Crippen molar-refractivity contribution in [3.63, 3.8) is 0 Å². The first-order valence-corrected chi connectivity index (χ1v) is 6.74. The van der Waals surface area contributed by atoms with Gasteiger partial charge in [-0.15, -0.1) is 11.6 Å². The summed E-state index contributed by atoms with van der Waals surface area (Å²) in [6.07, 6.45) is 6.51. The van der Waals surface area contributed by atoms with E-state index in [0.717, 1.165) is 31.9 Å². The van der Waals surface area contributed by atoms with E-state index in [1.807, 2.05) is 0 Å². The van der Waals surface area contributed by atoms with Gasteiger partial charge in [0.15, 0.2) is 5.82 Å². The number of nitrogens with zero attached hydrogens (tertiary/aromatic N) is 2. The van der Waals surface area contributed by atoms with E-state index in [4.69, 9.17) is 11.6 Å². The average Bonchev–Trinajstić information content (AvgIpc) is 2.63. The Morgan fingerprint density at radius 3 is 3.06 bits per heavy atom. The molecule has 0 aromatic carbocycles. The van der Waals surface area contributed by atoms with Gasteiger partial charge in [0, 0.05) is 24.7 Å². The molecule has 1 aromatic rings. The lowest BCUT2D eigenvalue weighted by Gasteiger charge is -2.28. The number of hydrogen-bond acceptors (Lipinski definition) is 2. The number of halogens is 2. The molecular weight excluding hydrogens is 255 g/mol. The number of rotatable bonds is 2. The molecule has 1 atom stereocenters. The van der Waals surface area contributed by atoms with E-state index in [2.05, 4.69) is 4.98 Å². The molecule has 2 rings (SSSR count). The van der Waals surface area contributed by atoms with E-state index >= 15 is 0 Å². The van der Waals surface area contributed by atoms with Crippen molar-refractivity contribution in [1.82, 2.24) is 9.88 Å². The number of hydrogen-bond donors (Lipinski definition) is 0. The fraction of sp³-hybridized carbons (Fsp3) is 0.538. The van der Waals surface area contributed by atoms with Crippen molar-refractivity contribution in [3.8, 4) is 0 Å². The third kappa shape index (κ3) is 2.80. The van der Waals surface area contributed by atoms with E-state index in [1.54, 1.807) is 4.90 Å². The fourth-order valence-corrected chi connectivity index (χ4v) is 2.63. The van der Waals surface area contributed by atoms with E-state index in [0.29, 0.717) is 12.4 Å². The van der Waals surface area contributed by atoms with Gasteiger partial charge < -0.3 is 4.90 Å². The Bertz CT molecular complexity index is 427. The van der Waals surface area contributed by atoms with Crippen LogP contribution in [0.4, 0.5) is 4.39 Å². The van der Waals surface area contributed by atoms with Gasteiger partial charge in [0.2, 0.25) is 0 Å². The molecule has 5 heteroatoms. The van der Waals surface area contributed by atoms with Gasteiger partial charge in [-0.25, -0.2) is 4.39 Å². The molecule has 0 bridgehead atoms. The highest BCUT2D eigenvalue weighted by atomic mass is 35.5. The summed E-state index contributed by atoms with van der Waals surface area (Å²) in [5.74, 6) is -0.444. The molecule has 1 fully saturated rings. The monoisotopic (exact) mass is 270 g/mol. The van der Waals surface area contributed by atoms with Crippen LogP contribution in [0.1, 0.15) is 36.0 Å². The first-order chi connectivity index (χ1) is 8.74. The highest BCUT2D eigenvalue weighted by Gasteiger charge is 2.27. The number of likely N-dealkylation sites (tertiary alicyclic amines) is 1.